The van der Waals surface area contributed by atoms with E-state index in [9.17, 15) is 0 Å². The van der Waals surface area contributed by atoms with Crippen molar-refractivity contribution in [3.05, 3.63) is 35.8 Å². The number of hydrogen-bond donors (Lipinski definition) is 0. The third-order valence-corrected chi connectivity index (χ3v) is 4.77. The Morgan fingerprint density at radius 3 is 2.78 bits per heavy atom. The van der Waals surface area contributed by atoms with E-state index in [1.54, 1.807) is 13.3 Å². The number of ether oxygens (including phenoxy) is 1. The summed E-state index contributed by atoms with van der Waals surface area (Å²) in [4.78, 5) is 16.0. The highest BCUT2D eigenvalue weighted by molar-refractivity contribution is 5.59. The molecule has 5 heteroatoms. The molecule has 1 aliphatic heterocycles. The van der Waals surface area contributed by atoms with Crippen molar-refractivity contribution in [3.8, 4) is 11.4 Å². The molecule has 3 rings (SSSR count). The maximum Gasteiger partial charge on any atom is 0.163 e. The van der Waals surface area contributed by atoms with Crippen LogP contribution >= 0.6 is 0 Å². The van der Waals surface area contributed by atoms with Crippen molar-refractivity contribution in [2.75, 3.05) is 25.1 Å². The molecule has 3 heterocycles. The highest BCUT2D eigenvalue weighted by atomic mass is 16.5. The number of pyridine rings is 1. The molecule has 23 heavy (non-hydrogen) atoms. The Hall–Kier alpha value is -2.01. The van der Waals surface area contributed by atoms with Crippen molar-refractivity contribution < 1.29 is 4.74 Å². The number of aryl methyl sites for hydroxylation is 1. The van der Waals surface area contributed by atoms with Crippen LogP contribution in [0.15, 0.2) is 24.5 Å². The third kappa shape index (κ3) is 3.20. The second-order valence-corrected chi connectivity index (χ2v) is 6.31. The van der Waals surface area contributed by atoms with Crippen LogP contribution in [0.2, 0.25) is 0 Å². The lowest BCUT2D eigenvalue weighted by molar-refractivity contribution is 0.0496. The molecular formula is C18H24N4O. The zero-order chi connectivity index (χ0) is 16.4. The molecule has 1 saturated heterocycles. The molecule has 2 unspecified atom stereocenters. The van der Waals surface area contributed by atoms with E-state index in [1.807, 2.05) is 25.3 Å². The number of hydrogen-bond acceptors (Lipinski definition) is 5. The summed E-state index contributed by atoms with van der Waals surface area (Å²) in [5.41, 5.74) is 3.11. The van der Waals surface area contributed by atoms with Gasteiger partial charge in [-0.15, -0.1) is 0 Å². The van der Waals surface area contributed by atoms with Gasteiger partial charge in [0, 0.05) is 49.4 Å². The summed E-state index contributed by atoms with van der Waals surface area (Å²) in [5, 5.41) is 0. The first-order valence-corrected chi connectivity index (χ1v) is 8.13. The Morgan fingerprint density at radius 1 is 1.26 bits per heavy atom. The van der Waals surface area contributed by atoms with Crippen molar-refractivity contribution in [2.24, 2.45) is 5.92 Å². The van der Waals surface area contributed by atoms with E-state index in [4.69, 9.17) is 9.72 Å². The summed E-state index contributed by atoms with van der Waals surface area (Å²) >= 11 is 0. The van der Waals surface area contributed by atoms with Crippen molar-refractivity contribution in [2.45, 2.75) is 33.3 Å². The summed E-state index contributed by atoms with van der Waals surface area (Å²) in [6.07, 6.45) is 4.94. The lowest BCUT2D eigenvalue weighted by Gasteiger charge is -2.37. The van der Waals surface area contributed by atoms with Crippen molar-refractivity contribution >= 4 is 5.82 Å². The maximum absolute atomic E-state index is 5.65. The van der Waals surface area contributed by atoms with Crippen LogP contribution in [0.3, 0.4) is 0 Å². The molecule has 0 radical (unpaired) electrons. The van der Waals surface area contributed by atoms with Crippen molar-refractivity contribution in [1.82, 2.24) is 15.0 Å². The average molecular weight is 312 g/mol. The van der Waals surface area contributed by atoms with Gasteiger partial charge in [0.25, 0.3) is 0 Å². The predicted octanol–water partition coefficient (Wildman–Crippen LogP) is 3.02. The summed E-state index contributed by atoms with van der Waals surface area (Å²) in [6, 6.07) is 3.91. The number of methoxy groups -OCH3 is 1. The summed E-state index contributed by atoms with van der Waals surface area (Å²) in [7, 11) is 1.80. The lowest BCUT2D eigenvalue weighted by Crippen LogP contribution is -2.44. The van der Waals surface area contributed by atoms with Crippen molar-refractivity contribution in [3.63, 3.8) is 0 Å². The van der Waals surface area contributed by atoms with Crippen LogP contribution in [0.25, 0.3) is 11.4 Å². The van der Waals surface area contributed by atoms with Crippen LogP contribution in [0.4, 0.5) is 5.82 Å². The van der Waals surface area contributed by atoms with Gasteiger partial charge in [0.15, 0.2) is 5.82 Å². The smallest absolute Gasteiger partial charge is 0.163 e. The van der Waals surface area contributed by atoms with Crippen LogP contribution < -0.4 is 4.90 Å². The zero-order valence-corrected chi connectivity index (χ0v) is 14.3. The van der Waals surface area contributed by atoms with Gasteiger partial charge in [-0.05, 0) is 38.3 Å². The Balaban J connectivity index is 1.97. The van der Waals surface area contributed by atoms with Crippen LogP contribution in [0.1, 0.15) is 24.6 Å². The molecule has 1 aliphatic rings. The molecule has 0 saturated carbocycles. The number of rotatable bonds is 3. The fraction of sp³-hybridized carbons (Fsp3) is 0.500. The molecule has 0 aromatic carbocycles. The normalized spacial score (nSPS) is 21.5. The monoisotopic (exact) mass is 312 g/mol. The van der Waals surface area contributed by atoms with E-state index >= 15 is 0 Å². The van der Waals surface area contributed by atoms with Gasteiger partial charge in [0.1, 0.15) is 5.82 Å². The molecule has 122 valence electrons. The van der Waals surface area contributed by atoms with E-state index in [-0.39, 0.29) is 6.10 Å². The second-order valence-electron chi connectivity index (χ2n) is 6.31. The van der Waals surface area contributed by atoms with Crippen molar-refractivity contribution in [1.29, 1.82) is 0 Å². The molecule has 2 aromatic heterocycles. The highest BCUT2D eigenvalue weighted by Crippen LogP contribution is 2.28. The highest BCUT2D eigenvalue weighted by Gasteiger charge is 2.28. The topological polar surface area (TPSA) is 51.1 Å². The molecule has 5 nitrogen and oxygen atoms in total. The fourth-order valence-corrected chi connectivity index (χ4v) is 3.08. The fourth-order valence-electron chi connectivity index (χ4n) is 3.08. The van der Waals surface area contributed by atoms with Gasteiger partial charge in [-0.3, -0.25) is 4.98 Å². The number of nitrogens with zero attached hydrogens (tertiary/aromatic N) is 4. The molecule has 0 aliphatic carbocycles. The standard InChI is InChI=1S/C18H24N4O/c1-12-7-9-22(11-16(12)23-4)18-13(2)14(3)20-17(21-18)15-6-5-8-19-10-15/h5-6,8,10,12,16H,7,9,11H2,1-4H3. The lowest BCUT2D eigenvalue weighted by atomic mass is 9.95. The molecule has 0 N–H and O–H groups in total. The van der Waals surface area contributed by atoms with Gasteiger partial charge >= 0.3 is 0 Å². The van der Waals surface area contributed by atoms with Crippen LogP contribution in [-0.2, 0) is 4.74 Å². The van der Waals surface area contributed by atoms with E-state index in [1.165, 1.54) is 0 Å². The van der Waals surface area contributed by atoms with E-state index in [0.29, 0.717) is 5.92 Å². The Morgan fingerprint density at radius 2 is 2.09 bits per heavy atom. The molecule has 2 atom stereocenters. The second kappa shape index (κ2) is 6.62. The minimum absolute atomic E-state index is 0.250. The van der Waals surface area contributed by atoms with Gasteiger partial charge < -0.3 is 9.64 Å². The number of piperidine rings is 1. The van der Waals surface area contributed by atoms with Gasteiger partial charge in [0.05, 0.1) is 6.10 Å². The van der Waals surface area contributed by atoms with E-state index in [2.05, 4.69) is 28.7 Å². The Labute approximate surface area is 137 Å². The molecular weight excluding hydrogens is 288 g/mol. The first kappa shape index (κ1) is 15.9. The first-order valence-electron chi connectivity index (χ1n) is 8.13. The summed E-state index contributed by atoms with van der Waals surface area (Å²) < 4.78 is 5.65. The van der Waals surface area contributed by atoms with Gasteiger partial charge in [-0.25, -0.2) is 9.97 Å². The van der Waals surface area contributed by atoms with E-state index < -0.39 is 0 Å². The number of aromatic nitrogens is 3. The van der Waals surface area contributed by atoms with Gasteiger partial charge in [-0.2, -0.15) is 0 Å². The predicted molar refractivity (Wildman–Crippen MR) is 91.5 cm³/mol. The van der Waals surface area contributed by atoms with Gasteiger partial charge in [-0.1, -0.05) is 6.92 Å². The molecule has 2 aromatic rings. The SMILES string of the molecule is COC1CN(c2nc(-c3cccnc3)nc(C)c2C)CCC1C. The van der Waals surface area contributed by atoms with E-state index in [0.717, 1.165) is 48.0 Å². The third-order valence-electron chi connectivity index (χ3n) is 4.77. The number of anilines is 1. The Bertz CT molecular complexity index is 674. The minimum atomic E-state index is 0.250. The van der Waals surface area contributed by atoms with Gasteiger partial charge in [0.2, 0.25) is 0 Å². The zero-order valence-electron chi connectivity index (χ0n) is 14.3. The minimum Gasteiger partial charge on any atom is -0.379 e. The van der Waals surface area contributed by atoms with Crippen LogP contribution in [-0.4, -0.2) is 41.3 Å². The average Bonchev–Trinajstić information content (AvgIpc) is 2.58. The van der Waals surface area contributed by atoms with Crippen LogP contribution in [0, 0.1) is 19.8 Å². The molecule has 1 fully saturated rings. The molecule has 0 amide bonds. The van der Waals surface area contributed by atoms with Crippen LogP contribution in [0.5, 0.6) is 0 Å². The molecule has 0 bridgehead atoms. The Kier molecular flexibility index (Phi) is 4.57. The first-order chi connectivity index (χ1) is 11.1. The largest absolute Gasteiger partial charge is 0.379 e. The summed E-state index contributed by atoms with van der Waals surface area (Å²) in [6.45, 7) is 8.27. The summed E-state index contributed by atoms with van der Waals surface area (Å²) in [5.74, 6) is 2.34. The quantitative estimate of drug-likeness (QED) is 0.872. The maximum atomic E-state index is 5.65. The molecule has 0 spiro atoms.